The van der Waals surface area contributed by atoms with Crippen LogP contribution in [0.3, 0.4) is 0 Å². The van der Waals surface area contributed by atoms with Crippen LogP contribution in [0.25, 0.3) is 10.1 Å². The summed E-state index contributed by atoms with van der Waals surface area (Å²) in [6.07, 6.45) is 0. The largest absolute Gasteiger partial charge is 0.497 e. The highest BCUT2D eigenvalue weighted by atomic mass is 35.5. The van der Waals surface area contributed by atoms with E-state index in [4.69, 9.17) is 16.3 Å². The topological polar surface area (TPSA) is 67.4 Å². The molecule has 0 bridgehead atoms. The van der Waals surface area contributed by atoms with Gasteiger partial charge < -0.3 is 15.4 Å². The van der Waals surface area contributed by atoms with E-state index in [1.54, 1.807) is 7.11 Å². The average molecular weight is 327 g/mol. The molecule has 2 N–H and O–H groups in total. The lowest BCUT2D eigenvalue weighted by Crippen LogP contribution is -2.33. The Bertz CT molecular complexity index is 684. The summed E-state index contributed by atoms with van der Waals surface area (Å²) in [4.78, 5) is 23.3. The first-order chi connectivity index (χ1) is 10.0. The normalized spacial score (nSPS) is 10.4. The summed E-state index contributed by atoms with van der Waals surface area (Å²) in [5, 5.41) is 6.56. The Morgan fingerprint density at radius 1 is 1.29 bits per heavy atom. The van der Waals surface area contributed by atoms with Gasteiger partial charge >= 0.3 is 0 Å². The summed E-state index contributed by atoms with van der Waals surface area (Å²) in [5.74, 6) is 0.321. The molecule has 5 nitrogen and oxygen atoms in total. The molecule has 2 aromatic rings. The van der Waals surface area contributed by atoms with Gasteiger partial charge in [0.15, 0.2) is 0 Å². The van der Waals surface area contributed by atoms with Crippen molar-refractivity contribution in [1.29, 1.82) is 0 Å². The second kappa shape index (κ2) is 6.78. The fourth-order valence-corrected chi connectivity index (χ4v) is 3.22. The number of halogens is 1. The Hall–Kier alpha value is -1.79. The first kappa shape index (κ1) is 15.6. The van der Waals surface area contributed by atoms with E-state index in [2.05, 4.69) is 10.6 Å². The number of rotatable bonds is 5. The molecule has 1 heterocycles. The van der Waals surface area contributed by atoms with Crippen molar-refractivity contribution in [3.8, 4) is 5.75 Å². The highest BCUT2D eigenvalue weighted by molar-refractivity contribution is 7.21. The van der Waals surface area contributed by atoms with Crippen LogP contribution in [0.4, 0.5) is 0 Å². The fraction of sp³-hybridized carbons (Fsp3) is 0.286. The molecule has 0 aliphatic rings. The lowest BCUT2D eigenvalue weighted by molar-refractivity contribution is -0.118. The predicted octanol–water partition coefficient (Wildman–Crippen LogP) is 2.43. The van der Waals surface area contributed by atoms with Gasteiger partial charge in [-0.15, -0.1) is 11.3 Å². The number of hydrogen-bond donors (Lipinski definition) is 2. The predicted molar refractivity (Wildman–Crippen MR) is 84.4 cm³/mol. The molecule has 0 radical (unpaired) electrons. The quantitative estimate of drug-likeness (QED) is 0.829. The smallest absolute Gasteiger partial charge is 0.262 e. The molecule has 1 aromatic carbocycles. The van der Waals surface area contributed by atoms with Gasteiger partial charge in [0, 0.05) is 30.1 Å². The first-order valence-corrected chi connectivity index (χ1v) is 7.51. The molecule has 0 unspecified atom stereocenters. The SMILES string of the molecule is COc1ccc2sc(C(=O)NCCNC(C)=O)c(Cl)c2c1. The zero-order valence-electron chi connectivity index (χ0n) is 11.7. The van der Waals surface area contributed by atoms with Crippen molar-refractivity contribution in [1.82, 2.24) is 10.6 Å². The van der Waals surface area contributed by atoms with Gasteiger partial charge in [0.1, 0.15) is 10.6 Å². The first-order valence-electron chi connectivity index (χ1n) is 6.31. The second-order valence-corrected chi connectivity index (χ2v) is 5.78. The molecule has 2 rings (SSSR count). The van der Waals surface area contributed by atoms with Crippen molar-refractivity contribution in [2.75, 3.05) is 20.2 Å². The third-order valence-electron chi connectivity index (χ3n) is 2.83. The van der Waals surface area contributed by atoms with Crippen LogP contribution in [-0.2, 0) is 4.79 Å². The van der Waals surface area contributed by atoms with Crippen molar-refractivity contribution < 1.29 is 14.3 Å². The molecule has 2 amide bonds. The van der Waals surface area contributed by atoms with E-state index in [0.717, 1.165) is 10.1 Å². The minimum atomic E-state index is -0.245. The molecular formula is C14H15ClN2O3S. The number of benzene rings is 1. The number of carbonyl (C=O) groups excluding carboxylic acids is 2. The van der Waals surface area contributed by atoms with Crippen LogP contribution in [0.5, 0.6) is 5.75 Å². The van der Waals surface area contributed by atoms with Gasteiger partial charge in [-0.2, -0.15) is 0 Å². The van der Waals surface area contributed by atoms with Crippen LogP contribution in [0.2, 0.25) is 5.02 Å². The van der Waals surface area contributed by atoms with Gasteiger partial charge in [0.25, 0.3) is 5.91 Å². The molecule has 0 saturated carbocycles. The zero-order chi connectivity index (χ0) is 15.4. The lowest BCUT2D eigenvalue weighted by atomic mass is 10.2. The molecule has 0 spiro atoms. The Kier molecular flexibility index (Phi) is 5.03. The van der Waals surface area contributed by atoms with Gasteiger partial charge in [-0.05, 0) is 18.2 Å². The number of carbonyl (C=O) groups is 2. The molecule has 0 aliphatic carbocycles. The Morgan fingerprint density at radius 3 is 2.67 bits per heavy atom. The van der Waals surface area contributed by atoms with Crippen molar-refractivity contribution in [3.05, 3.63) is 28.1 Å². The van der Waals surface area contributed by atoms with Crippen LogP contribution in [0.1, 0.15) is 16.6 Å². The lowest BCUT2D eigenvalue weighted by Gasteiger charge is -2.04. The number of methoxy groups -OCH3 is 1. The van der Waals surface area contributed by atoms with Gasteiger partial charge in [-0.25, -0.2) is 0 Å². The molecule has 21 heavy (non-hydrogen) atoms. The minimum absolute atomic E-state index is 0.128. The summed E-state index contributed by atoms with van der Waals surface area (Å²) in [7, 11) is 1.58. The van der Waals surface area contributed by atoms with Crippen LogP contribution < -0.4 is 15.4 Å². The standard InChI is InChI=1S/C14H15ClN2O3S/c1-8(18)16-5-6-17-14(19)13-12(15)10-7-9(20-2)3-4-11(10)21-13/h3-4,7H,5-6H2,1-2H3,(H,16,18)(H,17,19). The van der Waals surface area contributed by atoms with Crippen LogP contribution in [-0.4, -0.2) is 32.0 Å². The van der Waals surface area contributed by atoms with Crippen molar-refractivity contribution >= 4 is 44.8 Å². The number of ether oxygens (including phenoxy) is 1. The molecule has 112 valence electrons. The summed E-state index contributed by atoms with van der Waals surface area (Å²) in [6.45, 7) is 2.17. The Morgan fingerprint density at radius 2 is 2.00 bits per heavy atom. The fourth-order valence-electron chi connectivity index (χ4n) is 1.81. The number of fused-ring (bicyclic) bond motifs is 1. The minimum Gasteiger partial charge on any atom is -0.497 e. The maximum absolute atomic E-state index is 12.1. The molecule has 0 atom stereocenters. The van der Waals surface area contributed by atoms with Gasteiger partial charge in [0.2, 0.25) is 5.91 Å². The van der Waals surface area contributed by atoms with E-state index >= 15 is 0 Å². The van der Waals surface area contributed by atoms with E-state index in [1.165, 1.54) is 18.3 Å². The summed E-state index contributed by atoms with van der Waals surface area (Å²) < 4.78 is 6.08. The van der Waals surface area contributed by atoms with E-state index < -0.39 is 0 Å². The molecule has 7 heteroatoms. The molecule has 0 fully saturated rings. The van der Waals surface area contributed by atoms with Crippen molar-refractivity contribution in [2.45, 2.75) is 6.92 Å². The highest BCUT2D eigenvalue weighted by Crippen LogP contribution is 2.37. The summed E-state index contributed by atoms with van der Waals surface area (Å²) in [5.41, 5.74) is 0. The molecular weight excluding hydrogens is 312 g/mol. The van der Waals surface area contributed by atoms with E-state index in [9.17, 15) is 9.59 Å². The number of nitrogens with one attached hydrogen (secondary N) is 2. The maximum Gasteiger partial charge on any atom is 0.262 e. The summed E-state index contributed by atoms with van der Waals surface area (Å²) >= 11 is 7.60. The number of thiophene rings is 1. The third-order valence-corrected chi connectivity index (χ3v) is 4.50. The van der Waals surface area contributed by atoms with Gasteiger partial charge in [-0.1, -0.05) is 11.6 Å². The molecule has 1 aromatic heterocycles. The number of hydrogen-bond acceptors (Lipinski definition) is 4. The second-order valence-electron chi connectivity index (χ2n) is 4.35. The van der Waals surface area contributed by atoms with Gasteiger partial charge in [0.05, 0.1) is 12.1 Å². The third kappa shape index (κ3) is 3.65. The van der Waals surface area contributed by atoms with Crippen molar-refractivity contribution in [2.24, 2.45) is 0 Å². The highest BCUT2D eigenvalue weighted by Gasteiger charge is 2.17. The number of amides is 2. The summed E-state index contributed by atoms with van der Waals surface area (Å²) in [6, 6.07) is 5.51. The average Bonchev–Trinajstić information content (AvgIpc) is 2.80. The van der Waals surface area contributed by atoms with Gasteiger partial charge in [-0.3, -0.25) is 9.59 Å². The van der Waals surface area contributed by atoms with E-state index in [0.29, 0.717) is 28.7 Å². The Balaban J connectivity index is 2.12. The zero-order valence-corrected chi connectivity index (χ0v) is 13.2. The van der Waals surface area contributed by atoms with Crippen molar-refractivity contribution in [3.63, 3.8) is 0 Å². The van der Waals surface area contributed by atoms with Crippen LogP contribution in [0, 0.1) is 0 Å². The van der Waals surface area contributed by atoms with E-state index in [1.807, 2.05) is 18.2 Å². The monoisotopic (exact) mass is 326 g/mol. The Labute approximate surface area is 131 Å². The van der Waals surface area contributed by atoms with Crippen LogP contribution >= 0.6 is 22.9 Å². The van der Waals surface area contributed by atoms with E-state index in [-0.39, 0.29) is 11.8 Å². The van der Waals surface area contributed by atoms with Crippen LogP contribution in [0.15, 0.2) is 18.2 Å². The molecule has 0 aliphatic heterocycles. The maximum atomic E-state index is 12.1. The molecule has 0 saturated heterocycles.